The van der Waals surface area contributed by atoms with E-state index in [2.05, 4.69) is 6.58 Å². The van der Waals surface area contributed by atoms with E-state index in [9.17, 15) is 14.7 Å². The molecule has 156 valence electrons. The summed E-state index contributed by atoms with van der Waals surface area (Å²) in [5.41, 5.74) is 1.33. The minimum absolute atomic E-state index is 0.102. The van der Waals surface area contributed by atoms with E-state index >= 15 is 0 Å². The van der Waals surface area contributed by atoms with E-state index < -0.39 is 17.7 Å². The Morgan fingerprint density at radius 1 is 1.13 bits per heavy atom. The lowest BCUT2D eigenvalue weighted by molar-refractivity contribution is -0.140. The van der Waals surface area contributed by atoms with Crippen molar-refractivity contribution in [3.8, 4) is 5.75 Å². The van der Waals surface area contributed by atoms with Crippen molar-refractivity contribution in [1.29, 1.82) is 0 Å². The van der Waals surface area contributed by atoms with E-state index in [-0.39, 0.29) is 11.3 Å². The van der Waals surface area contributed by atoms with Gasteiger partial charge in [-0.05, 0) is 31.8 Å². The molecule has 1 saturated heterocycles. The number of aliphatic hydroxyl groups excluding tert-OH is 1. The van der Waals surface area contributed by atoms with Crippen LogP contribution in [0.3, 0.4) is 0 Å². The first-order valence-corrected chi connectivity index (χ1v) is 9.76. The third-order valence-corrected chi connectivity index (χ3v) is 4.94. The summed E-state index contributed by atoms with van der Waals surface area (Å²) in [4.78, 5) is 29.2. The van der Waals surface area contributed by atoms with Gasteiger partial charge in [0.2, 0.25) is 0 Å². The molecule has 2 aromatic carbocycles. The Hall–Kier alpha value is -3.38. The standard InChI is InChI=1S/C24H26N2O4/c1-4-16-30-19-12-10-17(11-13-19)21-20(22(27)18-8-6-5-7-9-18)23(28)24(29)26(21)15-14-25(2)3/h4-13,21,27H,1,14-16H2,2-3H3/b22-20+/t21-/m1/s1. The molecule has 0 saturated carbocycles. The Balaban J connectivity index is 2.06. The summed E-state index contributed by atoms with van der Waals surface area (Å²) in [5.74, 6) is -0.788. The van der Waals surface area contributed by atoms with Crippen LogP contribution in [0.5, 0.6) is 5.75 Å². The van der Waals surface area contributed by atoms with Crippen molar-refractivity contribution in [3.05, 3.63) is 84.0 Å². The zero-order valence-corrected chi connectivity index (χ0v) is 17.2. The second-order valence-corrected chi connectivity index (χ2v) is 7.33. The molecule has 1 atom stereocenters. The zero-order chi connectivity index (χ0) is 21.7. The maximum Gasteiger partial charge on any atom is 0.295 e. The largest absolute Gasteiger partial charge is 0.507 e. The number of ketones is 1. The Morgan fingerprint density at radius 2 is 1.80 bits per heavy atom. The van der Waals surface area contributed by atoms with Crippen LogP contribution in [0.15, 0.2) is 72.8 Å². The highest BCUT2D eigenvalue weighted by Crippen LogP contribution is 2.39. The van der Waals surface area contributed by atoms with E-state index in [1.165, 1.54) is 4.90 Å². The number of hydrogen-bond acceptors (Lipinski definition) is 5. The number of hydrogen-bond donors (Lipinski definition) is 1. The first-order chi connectivity index (χ1) is 14.4. The van der Waals surface area contributed by atoms with Crippen LogP contribution in [0.4, 0.5) is 0 Å². The van der Waals surface area contributed by atoms with Gasteiger partial charge in [-0.15, -0.1) is 0 Å². The predicted molar refractivity (Wildman–Crippen MR) is 116 cm³/mol. The number of likely N-dealkylation sites (tertiary alicyclic amines) is 1. The summed E-state index contributed by atoms with van der Waals surface area (Å²) < 4.78 is 5.53. The number of carbonyl (C=O) groups is 2. The average Bonchev–Trinajstić information content (AvgIpc) is 3.01. The van der Waals surface area contributed by atoms with Gasteiger partial charge >= 0.3 is 0 Å². The van der Waals surface area contributed by atoms with Gasteiger partial charge in [0.25, 0.3) is 11.7 Å². The SMILES string of the molecule is C=CCOc1ccc([C@@H]2/C(=C(\O)c3ccccc3)C(=O)C(=O)N2CCN(C)C)cc1. The van der Waals surface area contributed by atoms with Crippen LogP contribution in [0.25, 0.3) is 5.76 Å². The molecule has 2 aromatic rings. The van der Waals surface area contributed by atoms with Gasteiger partial charge in [0.1, 0.15) is 18.1 Å². The number of ether oxygens (including phenoxy) is 1. The number of Topliss-reactive ketones (excluding diaryl/α,β-unsaturated/α-hetero) is 1. The molecule has 1 amide bonds. The van der Waals surface area contributed by atoms with Crippen LogP contribution in [-0.2, 0) is 9.59 Å². The summed E-state index contributed by atoms with van der Waals surface area (Å²) in [6, 6.07) is 15.3. The van der Waals surface area contributed by atoms with Gasteiger partial charge in [-0.25, -0.2) is 0 Å². The minimum atomic E-state index is -0.674. The number of aliphatic hydroxyl groups is 1. The highest BCUT2D eigenvalue weighted by atomic mass is 16.5. The molecule has 3 rings (SSSR count). The monoisotopic (exact) mass is 406 g/mol. The average molecular weight is 406 g/mol. The number of benzene rings is 2. The van der Waals surface area contributed by atoms with Crippen molar-refractivity contribution in [2.75, 3.05) is 33.8 Å². The summed E-state index contributed by atoms with van der Waals surface area (Å²) in [6.07, 6.45) is 1.66. The molecule has 0 radical (unpaired) electrons. The number of carbonyl (C=O) groups excluding carboxylic acids is 2. The molecule has 1 aliphatic heterocycles. The normalized spacial score (nSPS) is 18.1. The van der Waals surface area contributed by atoms with Gasteiger partial charge in [-0.3, -0.25) is 9.59 Å². The van der Waals surface area contributed by atoms with Gasteiger partial charge in [0.15, 0.2) is 0 Å². The van der Waals surface area contributed by atoms with Crippen LogP contribution >= 0.6 is 0 Å². The molecule has 6 heteroatoms. The highest BCUT2D eigenvalue weighted by molar-refractivity contribution is 6.46. The van der Waals surface area contributed by atoms with Crippen LogP contribution in [0.1, 0.15) is 17.2 Å². The molecule has 30 heavy (non-hydrogen) atoms. The maximum absolute atomic E-state index is 12.9. The van der Waals surface area contributed by atoms with E-state index in [1.54, 1.807) is 42.5 Å². The molecule has 1 fully saturated rings. The summed E-state index contributed by atoms with van der Waals surface area (Å²) in [6.45, 7) is 4.97. The van der Waals surface area contributed by atoms with Gasteiger partial charge in [0, 0.05) is 18.7 Å². The number of amides is 1. The van der Waals surface area contributed by atoms with Crippen molar-refractivity contribution in [3.63, 3.8) is 0 Å². The van der Waals surface area contributed by atoms with Gasteiger partial charge in [0.05, 0.1) is 11.6 Å². The van der Waals surface area contributed by atoms with Gasteiger partial charge < -0.3 is 19.6 Å². The molecule has 1 aliphatic rings. The van der Waals surface area contributed by atoms with Crippen LogP contribution < -0.4 is 4.74 Å². The van der Waals surface area contributed by atoms with Crippen molar-refractivity contribution < 1.29 is 19.4 Å². The first-order valence-electron chi connectivity index (χ1n) is 9.76. The quantitative estimate of drug-likeness (QED) is 0.315. The lowest BCUT2D eigenvalue weighted by Gasteiger charge is -2.26. The van der Waals surface area contributed by atoms with Gasteiger partial charge in [-0.2, -0.15) is 0 Å². The Bertz CT molecular complexity index is 949. The lowest BCUT2D eigenvalue weighted by Crippen LogP contribution is -2.35. The summed E-state index contributed by atoms with van der Waals surface area (Å²) in [7, 11) is 3.81. The molecular formula is C24H26N2O4. The van der Waals surface area contributed by atoms with Gasteiger partial charge in [-0.1, -0.05) is 55.1 Å². The summed E-state index contributed by atoms with van der Waals surface area (Å²) >= 11 is 0. The van der Waals surface area contributed by atoms with E-state index in [4.69, 9.17) is 4.74 Å². The van der Waals surface area contributed by atoms with Crippen LogP contribution in [0, 0.1) is 0 Å². The number of nitrogens with zero attached hydrogens (tertiary/aromatic N) is 2. The molecule has 0 unspecified atom stereocenters. The smallest absolute Gasteiger partial charge is 0.295 e. The molecular weight excluding hydrogens is 380 g/mol. The predicted octanol–water partition coefficient (Wildman–Crippen LogP) is 3.23. The molecule has 0 aromatic heterocycles. The fraction of sp³-hybridized carbons (Fsp3) is 0.250. The fourth-order valence-corrected chi connectivity index (χ4v) is 3.42. The van der Waals surface area contributed by atoms with Crippen LogP contribution in [-0.4, -0.2) is 60.4 Å². The molecule has 0 bridgehead atoms. The fourth-order valence-electron chi connectivity index (χ4n) is 3.42. The Morgan fingerprint density at radius 3 is 2.40 bits per heavy atom. The topological polar surface area (TPSA) is 70.1 Å². The highest BCUT2D eigenvalue weighted by Gasteiger charge is 2.45. The second kappa shape index (κ2) is 9.41. The lowest BCUT2D eigenvalue weighted by atomic mass is 9.95. The second-order valence-electron chi connectivity index (χ2n) is 7.33. The Kier molecular flexibility index (Phi) is 6.69. The zero-order valence-electron chi connectivity index (χ0n) is 17.2. The van der Waals surface area contributed by atoms with Crippen molar-refractivity contribution in [1.82, 2.24) is 9.80 Å². The Labute approximate surface area is 176 Å². The molecule has 1 N–H and O–H groups in total. The molecule has 6 nitrogen and oxygen atoms in total. The summed E-state index contributed by atoms with van der Waals surface area (Å²) in [5, 5.41) is 10.9. The third kappa shape index (κ3) is 4.44. The van der Waals surface area contributed by atoms with Crippen molar-refractivity contribution >= 4 is 17.4 Å². The molecule has 0 spiro atoms. The van der Waals surface area contributed by atoms with Crippen molar-refractivity contribution in [2.45, 2.75) is 6.04 Å². The molecule has 0 aliphatic carbocycles. The number of rotatable bonds is 8. The van der Waals surface area contributed by atoms with Crippen molar-refractivity contribution in [2.24, 2.45) is 0 Å². The van der Waals surface area contributed by atoms with E-state index in [0.29, 0.717) is 31.0 Å². The first kappa shape index (κ1) is 21.3. The van der Waals surface area contributed by atoms with Crippen LogP contribution in [0.2, 0.25) is 0 Å². The maximum atomic E-state index is 12.9. The van der Waals surface area contributed by atoms with E-state index in [0.717, 1.165) is 5.56 Å². The minimum Gasteiger partial charge on any atom is -0.507 e. The van der Waals surface area contributed by atoms with E-state index in [1.807, 2.05) is 37.2 Å². The third-order valence-electron chi connectivity index (χ3n) is 4.94. The number of likely N-dealkylation sites (N-methyl/N-ethyl adjacent to an activating group) is 1. The molecule has 1 heterocycles.